The number of hydrogen-bond donors (Lipinski definition) is 1. The van der Waals surface area contributed by atoms with Gasteiger partial charge in [0.25, 0.3) is 5.91 Å². The molecule has 0 radical (unpaired) electrons. The molecule has 26 heavy (non-hydrogen) atoms. The molecule has 2 aliphatic heterocycles. The molecule has 2 fully saturated rings. The lowest BCUT2D eigenvalue weighted by atomic mass is 9.95. The van der Waals surface area contributed by atoms with Crippen molar-refractivity contribution in [1.29, 1.82) is 0 Å². The molecule has 2 aliphatic rings. The minimum absolute atomic E-state index is 0.0707. The largest absolute Gasteiger partial charge is 0.396 e. The summed E-state index contributed by atoms with van der Waals surface area (Å²) in [6, 6.07) is 7.71. The van der Waals surface area contributed by atoms with Crippen LogP contribution in [0.4, 0.5) is 0 Å². The molecule has 138 valence electrons. The predicted octanol–water partition coefficient (Wildman–Crippen LogP) is 2.40. The van der Waals surface area contributed by atoms with Crippen LogP contribution in [0.15, 0.2) is 36.7 Å². The average Bonchev–Trinajstić information content (AvgIpc) is 3.10. The number of aliphatic hydroxyl groups is 1. The zero-order valence-electron chi connectivity index (χ0n) is 15.2. The van der Waals surface area contributed by atoms with Crippen LogP contribution in [0.3, 0.4) is 0 Å². The number of carbonyl (C=O) groups excluding carboxylic acids is 1. The fraction of sp³-hybridized carbons (Fsp3) is 0.524. The van der Waals surface area contributed by atoms with E-state index in [0.29, 0.717) is 12.5 Å². The highest BCUT2D eigenvalue weighted by Gasteiger charge is 2.36. The van der Waals surface area contributed by atoms with Crippen molar-refractivity contribution in [3.8, 4) is 0 Å². The molecular formula is C21H27N3O2. The Morgan fingerprint density at radius 1 is 1.12 bits per heavy atom. The molecule has 0 unspecified atom stereocenters. The topological polar surface area (TPSA) is 56.7 Å². The zero-order chi connectivity index (χ0) is 17.9. The minimum atomic E-state index is 0.0707. The van der Waals surface area contributed by atoms with Gasteiger partial charge in [-0.25, -0.2) is 0 Å². The third-order valence-corrected chi connectivity index (χ3v) is 5.95. The highest BCUT2D eigenvalue weighted by Crippen LogP contribution is 2.28. The number of aliphatic hydroxyl groups excluding tert-OH is 1. The Hall–Kier alpha value is -1.98. The Morgan fingerprint density at radius 2 is 1.92 bits per heavy atom. The number of rotatable bonds is 4. The van der Waals surface area contributed by atoms with Gasteiger partial charge in [0.05, 0.1) is 0 Å². The quantitative estimate of drug-likeness (QED) is 0.917. The molecule has 2 atom stereocenters. The van der Waals surface area contributed by atoms with Crippen molar-refractivity contribution < 1.29 is 9.90 Å². The molecule has 0 aliphatic carbocycles. The number of likely N-dealkylation sites (tertiary alicyclic amines) is 2. The predicted molar refractivity (Wildman–Crippen MR) is 102 cm³/mol. The summed E-state index contributed by atoms with van der Waals surface area (Å²) in [5.74, 6) is 0.609. The summed E-state index contributed by atoms with van der Waals surface area (Å²) in [6.45, 7) is 4.84. The molecule has 4 rings (SSSR count). The van der Waals surface area contributed by atoms with Gasteiger partial charge in [-0.15, -0.1) is 0 Å². The standard InChI is InChI=1S/C21H27N3O2/c25-15-18-14-24(13-17(18)12-23-9-2-1-3-10-23)21(26)20-6-4-5-16-11-22-8-7-19(16)20/h4-8,11,17-18,25H,1-3,9-10,12-15H2/t17-,18-/m1/s1. The van der Waals surface area contributed by atoms with Crippen LogP contribution in [0.25, 0.3) is 10.8 Å². The van der Waals surface area contributed by atoms with Gasteiger partial charge in [-0.3, -0.25) is 9.78 Å². The van der Waals surface area contributed by atoms with Crippen LogP contribution in [0.2, 0.25) is 0 Å². The molecular weight excluding hydrogens is 326 g/mol. The molecule has 5 heteroatoms. The van der Waals surface area contributed by atoms with E-state index in [4.69, 9.17) is 0 Å². The molecule has 3 heterocycles. The second-order valence-corrected chi connectivity index (χ2v) is 7.68. The third-order valence-electron chi connectivity index (χ3n) is 5.95. The van der Waals surface area contributed by atoms with Gasteiger partial charge in [-0.2, -0.15) is 0 Å². The summed E-state index contributed by atoms with van der Waals surface area (Å²) in [4.78, 5) is 21.8. The fourth-order valence-corrected chi connectivity index (χ4v) is 4.47. The van der Waals surface area contributed by atoms with Crippen molar-refractivity contribution in [3.63, 3.8) is 0 Å². The van der Waals surface area contributed by atoms with Gasteiger partial charge in [0.2, 0.25) is 0 Å². The van der Waals surface area contributed by atoms with E-state index >= 15 is 0 Å². The van der Waals surface area contributed by atoms with E-state index in [0.717, 1.165) is 42.5 Å². The number of aromatic nitrogens is 1. The number of hydrogen-bond acceptors (Lipinski definition) is 4. The van der Waals surface area contributed by atoms with Crippen molar-refractivity contribution >= 4 is 16.7 Å². The SMILES string of the molecule is O=C(c1cccc2cnccc12)N1C[C@@H](CN2CCCCC2)[C@@H](CO)C1. The van der Waals surface area contributed by atoms with Gasteiger partial charge >= 0.3 is 0 Å². The summed E-state index contributed by atoms with van der Waals surface area (Å²) in [5, 5.41) is 11.8. The number of benzene rings is 1. The van der Waals surface area contributed by atoms with Crippen LogP contribution < -0.4 is 0 Å². The van der Waals surface area contributed by atoms with E-state index in [2.05, 4.69) is 9.88 Å². The van der Waals surface area contributed by atoms with Crippen LogP contribution in [0, 0.1) is 11.8 Å². The first kappa shape index (κ1) is 17.4. The molecule has 1 N–H and O–H groups in total. The molecule has 2 saturated heterocycles. The highest BCUT2D eigenvalue weighted by molar-refractivity contribution is 6.06. The zero-order valence-corrected chi connectivity index (χ0v) is 15.2. The molecule has 1 aromatic heterocycles. The smallest absolute Gasteiger partial charge is 0.254 e. The van der Waals surface area contributed by atoms with E-state index in [1.807, 2.05) is 29.2 Å². The maximum Gasteiger partial charge on any atom is 0.254 e. The number of piperidine rings is 1. The van der Waals surface area contributed by atoms with Crippen LogP contribution in [0.1, 0.15) is 29.6 Å². The first-order chi connectivity index (χ1) is 12.8. The Morgan fingerprint density at radius 3 is 2.73 bits per heavy atom. The minimum Gasteiger partial charge on any atom is -0.396 e. The molecule has 2 aromatic rings. The van der Waals surface area contributed by atoms with Gasteiger partial charge in [-0.05, 0) is 49.4 Å². The van der Waals surface area contributed by atoms with Gasteiger partial charge in [0.1, 0.15) is 0 Å². The first-order valence-electron chi connectivity index (χ1n) is 9.71. The number of fused-ring (bicyclic) bond motifs is 1. The maximum absolute atomic E-state index is 13.2. The molecule has 1 amide bonds. The Bertz CT molecular complexity index is 767. The lowest BCUT2D eigenvalue weighted by molar-refractivity contribution is 0.0780. The summed E-state index contributed by atoms with van der Waals surface area (Å²) in [5.41, 5.74) is 0.736. The van der Waals surface area contributed by atoms with E-state index < -0.39 is 0 Å². The summed E-state index contributed by atoms with van der Waals surface area (Å²) in [6.07, 6.45) is 7.39. The summed E-state index contributed by atoms with van der Waals surface area (Å²) < 4.78 is 0. The number of nitrogens with zero attached hydrogens (tertiary/aromatic N) is 3. The van der Waals surface area contributed by atoms with Crippen molar-refractivity contribution in [2.45, 2.75) is 19.3 Å². The fourth-order valence-electron chi connectivity index (χ4n) is 4.47. The average molecular weight is 353 g/mol. The van der Waals surface area contributed by atoms with Crippen molar-refractivity contribution in [2.75, 3.05) is 39.3 Å². The molecule has 0 saturated carbocycles. The Labute approximate surface area is 154 Å². The second kappa shape index (κ2) is 7.72. The van der Waals surface area contributed by atoms with Gasteiger partial charge < -0.3 is 14.9 Å². The van der Waals surface area contributed by atoms with Gasteiger partial charge in [0, 0.05) is 55.5 Å². The second-order valence-electron chi connectivity index (χ2n) is 7.68. The number of carbonyl (C=O) groups is 1. The molecule has 0 bridgehead atoms. The van der Waals surface area contributed by atoms with Crippen LogP contribution in [-0.2, 0) is 0 Å². The number of amides is 1. The van der Waals surface area contributed by atoms with Crippen LogP contribution >= 0.6 is 0 Å². The molecule has 1 aromatic carbocycles. The third kappa shape index (κ3) is 3.46. The van der Waals surface area contributed by atoms with E-state index in [-0.39, 0.29) is 18.4 Å². The van der Waals surface area contributed by atoms with E-state index in [1.165, 1.54) is 19.3 Å². The monoisotopic (exact) mass is 353 g/mol. The van der Waals surface area contributed by atoms with Crippen molar-refractivity contribution in [3.05, 3.63) is 42.2 Å². The summed E-state index contributed by atoms with van der Waals surface area (Å²) in [7, 11) is 0. The van der Waals surface area contributed by atoms with Crippen LogP contribution in [0.5, 0.6) is 0 Å². The van der Waals surface area contributed by atoms with Crippen molar-refractivity contribution in [1.82, 2.24) is 14.8 Å². The first-order valence-corrected chi connectivity index (χ1v) is 9.71. The van der Waals surface area contributed by atoms with Gasteiger partial charge in [-0.1, -0.05) is 18.6 Å². The van der Waals surface area contributed by atoms with Crippen LogP contribution in [-0.4, -0.2) is 65.1 Å². The molecule has 5 nitrogen and oxygen atoms in total. The molecule has 0 spiro atoms. The van der Waals surface area contributed by atoms with E-state index in [1.54, 1.807) is 12.4 Å². The van der Waals surface area contributed by atoms with Crippen molar-refractivity contribution in [2.24, 2.45) is 11.8 Å². The Kier molecular flexibility index (Phi) is 5.18. The highest BCUT2D eigenvalue weighted by atomic mass is 16.3. The lowest BCUT2D eigenvalue weighted by Gasteiger charge is -2.30. The lowest BCUT2D eigenvalue weighted by Crippen LogP contribution is -2.37. The maximum atomic E-state index is 13.2. The van der Waals surface area contributed by atoms with E-state index in [9.17, 15) is 9.90 Å². The Balaban J connectivity index is 1.51. The number of pyridine rings is 1. The normalized spacial score (nSPS) is 24.3. The van der Waals surface area contributed by atoms with Gasteiger partial charge in [0.15, 0.2) is 0 Å². The summed E-state index contributed by atoms with van der Waals surface area (Å²) >= 11 is 0.